The van der Waals surface area contributed by atoms with Gasteiger partial charge in [-0.05, 0) is 0 Å². The Morgan fingerprint density at radius 3 is 1.46 bits per heavy atom. The van der Waals surface area contributed by atoms with E-state index in [-0.39, 0.29) is 0 Å². The number of unbranched alkanes of at least 4 members (excludes halogenated alkanes) is 6. The summed E-state index contributed by atoms with van der Waals surface area (Å²) >= 11 is 0.589. The van der Waals surface area contributed by atoms with Gasteiger partial charge in [0.25, 0.3) is 0 Å². The van der Waals surface area contributed by atoms with Gasteiger partial charge in [-0.2, -0.15) is 0 Å². The first-order chi connectivity index (χ1) is 6.41. The fourth-order valence-corrected chi connectivity index (χ4v) is 4.02. The van der Waals surface area contributed by atoms with Crippen molar-refractivity contribution in [1.29, 1.82) is 0 Å². The quantitative estimate of drug-likeness (QED) is 0.323. The van der Waals surface area contributed by atoms with Gasteiger partial charge in [-0.3, -0.25) is 0 Å². The van der Waals surface area contributed by atoms with Crippen LogP contribution < -0.4 is 21.2 Å². The van der Waals surface area contributed by atoms with E-state index in [2.05, 4.69) is 13.8 Å². The SMILES string of the molecule is CCCCCC[I-]CCCCCC. The molecule has 0 rings (SSSR count). The standard InChI is InChI=1S/C12H26I/c1-3-5-7-9-11-13-12-10-8-6-4-2/h3-12H2,1-2H3/q-1. The molecule has 13 heavy (non-hydrogen) atoms. The summed E-state index contributed by atoms with van der Waals surface area (Å²) in [6.07, 6.45) is 11.7. The number of halogens is 1. The molecule has 0 fully saturated rings. The molecule has 0 atom stereocenters. The van der Waals surface area contributed by atoms with Crippen molar-refractivity contribution < 1.29 is 21.2 Å². The molecular formula is C12H26I-. The summed E-state index contributed by atoms with van der Waals surface area (Å²) in [6.45, 7) is 4.58. The van der Waals surface area contributed by atoms with E-state index < -0.39 is 0 Å². The van der Waals surface area contributed by atoms with E-state index in [0.717, 1.165) is 0 Å². The molecule has 0 aliphatic carbocycles. The molecule has 1 heteroatoms. The molecule has 0 unspecified atom stereocenters. The Balaban J connectivity index is 2.76. The third kappa shape index (κ3) is 12.7. The Labute approximate surface area is 95.1 Å². The fourth-order valence-electron chi connectivity index (χ4n) is 1.33. The number of hydrogen-bond donors (Lipinski definition) is 0. The van der Waals surface area contributed by atoms with Crippen LogP contribution in [0.15, 0.2) is 0 Å². The molecule has 0 radical (unpaired) electrons. The van der Waals surface area contributed by atoms with Crippen molar-refractivity contribution in [1.82, 2.24) is 0 Å². The van der Waals surface area contributed by atoms with Crippen molar-refractivity contribution in [2.75, 3.05) is 8.86 Å². The molecule has 0 aromatic heterocycles. The summed E-state index contributed by atoms with van der Waals surface area (Å²) in [4.78, 5) is 0. The molecular weight excluding hydrogens is 271 g/mol. The van der Waals surface area contributed by atoms with Gasteiger partial charge in [-0.15, -0.1) is 0 Å². The summed E-state index contributed by atoms with van der Waals surface area (Å²) < 4.78 is 3.18. The number of rotatable bonds is 10. The minimum absolute atomic E-state index is 0.589. The van der Waals surface area contributed by atoms with E-state index >= 15 is 0 Å². The van der Waals surface area contributed by atoms with Gasteiger partial charge in [0.1, 0.15) is 0 Å². The van der Waals surface area contributed by atoms with E-state index in [1.165, 1.54) is 51.4 Å². The van der Waals surface area contributed by atoms with Crippen LogP contribution >= 0.6 is 0 Å². The van der Waals surface area contributed by atoms with Crippen LogP contribution in [0.25, 0.3) is 0 Å². The topological polar surface area (TPSA) is 0 Å². The Kier molecular flexibility index (Phi) is 13.4. The Bertz CT molecular complexity index is 71.2. The predicted molar refractivity (Wildman–Crippen MR) is 58.0 cm³/mol. The molecule has 82 valence electrons. The van der Waals surface area contributed by atoms with E-state index in [1.54, 1.807) is 8.86 Å². The molecule has 0 heterocycles. The first-order valence-electron chi connectivity index (χ1n) is 5.95. The maximum atomic E-state index is 2.29. The van der Waals surface area contributed by atoms with E-state index in [1.807, 2.05) is 0 Å². The fraction of sp³-hybridized carbons (Fsp3) is 1.00. The van der Waals surface area contributed by atoms with Gasteiger partial charge in [0, 0.05) is 0 Å². The Hall–Kier alpha value is 0.730. The second-order valence-electron chi connectivity index (χ2n) is 3.69. The second-order valence-corrected chi connectivity index (χ2v) is 6.92. The van der Waals surface area contributed by atoms with Crippen LogP contribution in [-0.2, 0) is 0 Å². The van der Waals surface area contributed by atoms with Crippen molar-refractivity contribution in [3.63, 3.8) is 0 Å². The summed E-state index contributed by atoms with van der Waals surface area (Å²) in [5.74, 6) is 0. The molecule has 0 nitrogen and oxygen atoms in total. The van der Waals surface area contributed by atoms with Crippen LogP contribution in [0.3, 0.4) is 0 Å². The molecule has 0 saturated heterocycles. The summed E-state index contributed by atoms with van der Waals surface area (Å²) in [5.41, 5.74) is 0. The van der Waals surface area contributed by atoms with Gasteiger partial charge in [0.2, 0.25) is 0 Å². The van der Waals surface area contributed by atoms with E-state index in [9.17, 15) is 0 Å². The molecule has 0 aliphatic rings. The zero-order valence-corrected chi connectivity index (χ0v) is 11.6. The molecule has 0 spiro atoms. The Morgan fingerprint density at radius 2 is 1.08 bits per heavy atom. The molecule has 0 N–H and O–H groups in total. The molecule has 0 aromatic carbocycles. The van der Waals surface area contributed by atoms with Gasteiger partial charge in [-0.25, -0.2) is 0 Å². The number of hydrogen-bond acceptors (Lipinski definition) is 0. The third-order valence-electron chi connectivity index (χ3n) is 2.24. The van der Waals surface area contributed by atoms with Crippen LogP contribution in [-0.4, -0.2) is 8.86 Å². The van der Waals surface area contributed by atoms with Gasteiger partial charge in [0.05, 0.1) is 0 Å². The van der Waals surface area contributed by atoms with Crippen LogP contribution in [0.5, 0.6) is 0 Å². The van der Waals surface area contributed by atoms with Gasteiger partial charge in [-0.1, -0.05) is 0 Å². The third-order valence-corrected chi connectivity index (χ3v) is 5.29. The van der Waals surface area contributed by atoms with E-state index in [0.29, 0.717) is 21.2 Å². The van der Waals surface area contributed by atoms with Gasteiger partial charge >= 0.3 is 95.3 Å². The molecule has 0 aliphatic heterocycles. The summed E-state index contributed by atoms with van der Waals surface area (Å²) in [6, 6.07) is 0. The van der Waals surface area contributed by atoms with Crippen LogP contribution in [0.4, 0.5) is 0 Å². The van der Waals surface area contributed by atoms with Gasteiger partial charge in [0.15, 0.2) is 0 Å². The summed E-state index contributed by atoms with van der Waals surface area (Å²) in [7, 11) is 0. The molecule has 0 aromatic rings. The molecule has 0 saturated carbocycles. The van der Waals surface area contributed by atoms with Gasteiger partial charge < -0.3 is 0 Å². The van der Waals surface area contributed by atoms with Crippen molar-refractivity contribution in [3.05, 3.63) is 0 Å². The zero-order chi connectivity index (χ0) is 9.78. The van der Waals surface area contributed by atoms with Crippen molar-refractivity contribution in [2.24, 2.45) is 0 Å². The van der Waals surface area contributed by atoms with Crippen LogP contribution in [0.2, 0.25) is 0 Å². The van der Waals surface area contributed by atoms with Crippen LogP contribution in [0.1, 0.15) is 65.2 Å². The second kappa shape index (κ2) is 12.7. The Morgan fingerprint density at radius 1 is 0.615 bits per heavy atom. The molecule has 0 bridgehead atoms. The van der Waals surface area contributed by atoms with Crippen molar-refractivity contribution >= 4 is 0 Å². The average Bonchev–Trinajstić information content (AvgIpc) is 2.16. The van der Waals surface area contributed by atoms with E-state index in [4.69, 9.17) is 0 Å². The number of alkyl halides is 2. The first kappa shape index (κ1) is 13.7. The normalized spacial score (nSPS) is 10.9. The van der Waals surface area contributed by atoms with Crippen LogP contribution in [0, 0.1) is 0 Å². The monoisotopic (exact) mass is 297 g/mol. The summed E-state index contributed by atoms with van der Waals surface area (Å²) in [5, 5.41) is 0. The average molecular weight is 297 g/mol. The molecule has 0 amide bonds. The minimum atomic E-state index is 0.589. The van der Waals surface area contributed by atoms with Crippen molar-refractivity contribution in [3.8, 4) is 0 Å². The zero-order valence-electron chi connectivity index (χ0n) is 9.45. The predicted octanol–water partition coefficient (Wildman–Crippen LogP) is 1.24. The maximum absolute atomic E-state index is 2.29. The van der Waals surface area contributed by atoms with Crippen molar-refractivity contribution in [2.45, 2.75) is 65.2 Å². The first-order valence-corrected chi connectivity index (χ1v) is 9.00.